The standard InChI is InChI=1S/C31H20ClN3/c32-31-34-29(25-16-15-23-13-7-8-14-24(23)17-25)33-30(35-31)28-19-26(21-9-3-1-4-10-21)18-27(20-28)22-11-5-2-6-12-22/h1-20H. The number of fused-ring (bicyclic) bond motifs is 1. The van der Waals surface area contributed by atoms with Crippen molar-refractivity contribution in [2.45, 2.75) is 0 Å². The fourth-order valence-electron chi connectivity index (χ4n) is 4.29. The first-order chi connectivity index (χ1) is 17.2. The summed E-state index contributed by atoms with van der Waals surface area (Å²) in [4.78, 5) is 13.8. The molecule has 166 valence electrons. The fraction of sp³-hybridized carbons (Fsp3) is 0. The second kappa shape index (κ2) is 9.13. The molecule has 0 aliphatic rings. The Balaban J connectivity index is 1.51. The highest BCUT2D eigenvalue weighted by atomic mass is 35.5. The van der Waals surface area contributed by atoms with Gasteiger partial charge in [0.2, 0.25) is 5.28 Å². The second-order valence-electron chi connectivity index (χ2n) is 8.34. The average molecular weight is 470 g/mol. The highest BCUT2D eigenvalue weighted by Crippen LogP contribution is 2.33. The average Bonchev–Trinajstić information content (AvgIpc) is 2.93. The second-order valence-corrected chi connectivity index (χ2v) is 8.68. The van der Waals surface area contributed by atoms with Crippen LogP contribution < -0.4 is 0 Å². The van der Waals surface area contributed by atoms with Crippen LogP contribution >= 0.6 is 11.6 Å². The molecule has 0 atom stereocenters. The molecule has 1 aromatic heterocycles. The molecule has 0 spiro atoms. The monoisotopic (exact) mass is 469 g/mol. The Hall–Kier alpha value is -4.34. The molecule has 0 aliphatic heterocycles. The molecule has 3 nitrogen and oxygen atoms in total. The molecule has 1 heterocycles. The van der Waals surface area contributed by atoms with Crippen molar-refractivity contribution in [2.75, 3.05) is 0 Å². The summed E-state index contributed by atoms with van der Waals surface area (Å²) in [6.07, 6.45) is 0. The number of rotatable bonds is 4. The normalized spacial score (nSPS) is 11.0. The number of hydrogen-bond donors (Lipinski definition) is 0. The molecule has 0 fully saturated rings. The predicted molar refractivity (Wildman–Crippen MR) is 144 cm³/mol. The lowest BCUT2D eigenvalue weighted by Gasteiger charge is -2.11. The lowest BCUT2D eigenvalue weighted by atomic mass is 9.96. The van der Waals surface area contributed by atoms with Crippen LogP contribution in [0.5, 0.6) is 0 Å². The van der Waals surface area contributed by atoms with E-state index in [1.165, 1.54) is 5.39 Å². The SMILES string of the molecule is Clc1nc(-c2cc(-c3ccccc3)cc(-c3ccccc3)c2)nc(-c2ccc3ccccc3c2)n1. The van der Waals surface area contributed by atoms with Gasteiger partial charge in [-0.15, -0.1) is 0 Å². The van der Waals surface area contributed by atoms with Gasteiger partial charge < -0.3 is 0 Å². The van der Waals surface area contributed by atoms with Crippen LogP contribution in [-0.2, 0) is 0 Å². The van der Waals surface area contributed by atoms with Crippen LogP contribution in [0.2, 0.25) is 5.28 Å². The van der Waals surface area contributed by atoms with Crippen molar-refractivity contribution >= 4 is 22.4 Å². The van der Waals surface area contributed by atoms with E-state index in [9.17, 15) is 0 Å². The third-order valence-corrected chi connectivity index (χ3v) is 6.19. The van der Waals surface area contributed by atoms with Gasteiger partial charge in [-0.3, -0.25) is 0 Å². The number of benzene rings is 5. The lowest BCUT2D eigenvalue weighted by molar-refractivity contribution is 1.07. The first-order valence-electron chi connectivity index (χ1n) is 11.4. The highest BCUT2D eigenvalue weighted by molar-refractivity contribution is 6.28. The van der Waals surface area contributed by atoms with Gasteiger partial charge >= 0.3 is 0 Å². The first kappa shape index (κ1) is 21.2. The van der Waals surface area contributed by atoms with Crippen LogP contribution in [0.25, 0.3) is 55.8 Å². The Kier molecular flexibility index (Phi) is 5.53. The summed E-state index contributed by atoms with van der Waals surface area (Å²) in [6.45, 7) is 0. The van der Waals surface area contributed by atoms with E-state index in [0.29, 0.717) is 11.6 Å². The molecular formula is C31H20ClN3. The molecule has 0 N–H and O–H groups in total. The Labute approximate surface area is 208 Å². The minimum absolute atomic E-state index is 0.171. The van der Waals surface area contributed by atoms with Crippen LogP contribution in [0.1, 0.15) is 0 Å². The van der Waals surface area contributed by atoms with Gasteiger partial charge in [-0.2, -0.15) is 9.97 Å². The van der Waals surface area contributed by atoms with E-state index in [-0.39, 0.29) is 5.28 Å². The number of nitrogens with zero attached hydrogens (tertiary/aromatic N) is 3. The molecule has 0 radical (unpaired) electrons. The maximum Gasteiger partial charge on any atom is 0.226 e. The molecule has 4 heteroatoms. The van der Waals surface area contributed by atoms with Crippen molar-refractivity contribution in [3.05, 3.63) is 127 Å². The van der Waals surface area contributed by atoms with Gasteiger partial charge in [0, 0.05) is 11.1 Å². The van der Waals surface area contributed by atoms with Crippen LogP contribution in [-0.4, -0.2) is 15.0 Å². The molecule has 35 heavy (non-hydrogen) atoms. The zero-order valence-electron chi connectivity index (χ0n) is 18.8. The van der Waals surface area contributed by atoms with Gasteiger partial charge in [-0.05, 0) is 68.9 Å². The molecular weight excluding hydrogens is 450 g/mol. The number of aromatic nitrogens is 3. The molecule has 0 unspecified atom stereocenters. The number of hydrogen-bond acceptors (Lipinski definition) is 3. The van der Waals surface area contributed by atoms with Crippen molar-refractivity contribution in [3.63, 3.8) is 0 Å². The summed E-state index contributed by atoms with van der Waals surface area (Å²) >= 11 is 6.42. The molecule has 0 saturated heterocycles. The van der Waals surface area contributed by atoms with Crippen LogP contribution in [0.15, 0.2) is 121 Å². The zero-order valence-corrected chi connectivity index (χ0v) is 19.5. The van der Waals surface area contributed by atoms with Crippen LogP contribution in [0.3, 0.4) is 0 Å². The molecule has 0 aliphatic carbocycles. The van der Waals surface area contributed by atoms with E-state index in [4.69, 9.17) is 16.6 Å². The van der Waals surface area contributed by atoms with Gasteiger partial charge in [0.25, 0.3) is 0 Å². The van der Waals surface area contributed by atoms with E-state index >= 15 is 0 Å². The van der Waals surface area contributed by atoms with Gasteiger partial charge in [-0.1, -0.05) is 97.1 Å². The Morgan fingerprint density at radius 2 is 0.886 bits per heavy atom. The van der Waals surface area contributed by atoms with Crippen molar-refractivity contribution in [1.82, 2.24) is 15.0 Å². The van der Waals surface area contributed by atoms with Crippen molar-refractivity contribution in [2.24, 2.45) is 0 Å². The molecule has 6 rings (SSSR count). The summed E-state index contributed by atoms with van der Waals surface area (Å²) in [7, 11) is 0. The lowest BCUT2D eigenvalue weighted by Crippen LogP contribution is -1.98. The molecule has 6 aromatic rings. The zero-order chi connectivity index (χ0) is 23.6. The van der Waals surface area contributed by atoms with E-state index in [2.05, 4.69) is 76.7 Å². The summed E-state index contributed by atoms with van der Waals surface area (Å²) < 4.78 is 0. The van der Waals surface area contributed by atoms with E-state index in [1.54, 1.807) is 0 Å². The molecule has 0 bridgehead atoms. The minimum Gasteiger partial charge on any atom is -0.208 e. The topological polar surface area (TPSA) is 38.7 Å². The summed E-state index contributed by atoms with van der Waals surface area (Å²) in [5.74, 6) is 1.10. The Morgan fingerprint density at radius 1 is 0.371 bits per heavy atom. The molecule has 5 aromatic carbocycles. The van der Waals surface area contributed by atoms with Crippen LogP contribution in [0.4, 0.5) is 0 Å². The van der Waals surface area contributed by atoms with E-state index in [1.807, 2.05) is 54.6 Å². The van der Waals surface area contributed by atoms with E-state index < -0.39 is 0 Å². The fourth-order valence-corrected chi connectivity index (χ4v) is 4.45. The largest absolute Gasteiger partial charge is 0.226 e. The Morgan fingerprint density at radius 3 is 1.51 bits per heavy atom. The van der Waals surface area contributed by atoms with Crippen molar-refractivity contribution in [3.8, 4) is 45.0 Å². The van der Waals surface area contributed by atoms with Gasteiger partial charge in [-0.25, -0.2) is 4.98 Å². The minimum atomic E-state index is 0.171. The maximum absolute atomic E-state index is 6.42. The molecule has 0 saturated carbocycles. The quantitative estimate of drug-likeness (QED) is 0.260. The predicted octanol–water partition coefficient (Wildman–Crippen LogP) is 8.35. The van der Waals surface area contributed by atoms with Gasteiger partial charge in [0.05, 0.1) is 0 Å². The van der Waals surface area contributed by atoms with Gasteiger partial charge in [0.1, 0.15) is 0 Å². The third-order valence-electron chi connectivity index (χ3n) is 6.02. The maximum atomic E-state index is 6.42. The first-order valence-corrected chi connectivity index (χ1v) is 11.8. The summed E-state index contributed by atoms with van der Waals surface area (Å²) in [6, 6.07) is 41.5. The van der Waals surface area contributed by atoms with Gasteiger partial charge in [0.15, 0.2) is 11.6 Å². The van der Waals surface area contributed by atoms with E-state index in [0.717, 1.165) is 38.8 Å². The molecule has 0 amide bonds. The highest BCUT2D eigenvalue weighted by Gasteiger charge is 2.13. The smallest absolute Gasteiger partial charge is 0.208 e. The Bertz CT molecular complexity index is 1590. The summed E-state index contributed by atoms with van der Waals surface area (Å²) in [5, 5.41) is 2.46. The third kappa shape index (κ3) is 4.42. The van der Waals surface area contributed by atoms with Crippen molar-refractivity contribution < 1.29 is 0 Å². The van der Waals surface area contributed by atoms with Crippen molar-refractivity contribution in [1.29, 1.82) is 0 Å². The number of halogens is 1. The summed E-state index contributed by atoms with van der Waals surface area (Å²) in [5.41, 5.74) is 6.22. The van der Waals surface area contributed by atoms with Crippen LogP contribution in [0, 0.1) is 0 Å².